The predicted molar refractivity (Wildman–Crippen MR) is 105 cm³/mol. The van der Waals surface area contributed by atoms with Crippen LogP contribution in [0.4, 0.5) is 11.4 Å². The van der Waals surface area contributed by atoms with Crippen molar-refractivity contribution in [2.75, 3.05) is 18.5 Å². The Balaban J connectivity index is 1.59. The number of nitro benzene ring substituents is 1. The first-order chi connectivity index (χ1) is 14.0. The molecule has 9 nitrogen and oxygen atoms in total. The van der Waals surface area contributed by atoms with E-state index in [-0.39, 0.29) is 28.1 Å². The van der Waals surface area contributed by atoms with Gasteiger partial charge in [-0.3, -0.25) is 14.9 Å². The molecule has 0 saturated carbocycles. The van der Waals surface area contributed by atoms with E-state index < -0.39 is 10.8 Å². The van der Waals surface area contributed by atoms with Crippen molar-refractivity contribution < 1.29 is 19.2 Å². The van der Waals surface area contributed by atoms with Crippen LogP contribution in [0.1, 0.15) is 0 Å². The number of amides is 1. The molecule has 0 fully saturated rings. The minimum absolute atomic E-state index is 0.0537. The Kier molecular flexibility index (Phi) is 6.16. The van der Waals surface area contributed by atoms with Crippen molar-refractivity contribution in [3.8, 4) is 17.6 Å². The van der Waals surface area contributed by atoms with Gasteiger partial charge in [-0.25, -0.2) is 0 Å². The summed E-state index contributed by atoms with van der Waals surface area (Å²) in [6.07, 6.45) is 0.951. The van der Waals surface area contributed by atoms with Gasteiger partial charge in [-0.05, 0) is 24.3 Å². The van der Waals surface area contributed by atoms with Crippen LogP contribution in [0.2, 0.25) is 5.02 Å². The van der Waals surface area contributed by atoms with Crippen LogP contribution in [-0.2, 0) is 4.79 Å². The number of para-hydroxylation sites is 2. The Morgan fingerprint density at radius 1 is 1.34 bits per heavy atom. The molecule has 0 aliphatic carbocycles. The van der Waals surface area contributed by atoms with Crippen LogP contribution in [0.3, 0.4) is 0 Å². The molecule has 1 heterocycles. The number of hydrogen-bond acceptors (Lipinski definition) is 7. The lowest BCUT2D eigenvalue weighted by atomic mass is 10.2. The Morgan fingerprint density at radius 3 is 2.83 bits per heavy atom. The third kappa shape index (κ3) is 4.94. The number of halogens is 1. The zero-order chi connectivity index (χ0) is 20.8. The molecule has 0 aromatic heterocycles. The summed E-state index contributed by atoms with van der Waals surface area (Å²) < 4.78 is 11.4. The summed E-state index contributed by atoms with van der Waals surface area (Å²) in [5.74, 6) is 0.563. The molecule has 0 bridgehead atoms. The molecule has 1 amide bonds. The molecule has 0 saturated heterocycles. The van der Waals surface area contributed by atoms with E-state index in [0.717, 1.165) is 6.07 Å². The largest absolute Gasteiger partial charge is 0.486 e. The normalized spacial score (nSPS) is 15.2. The van der Waals surface area contributed by atoms with Gasteiger partial charge in [0.15, 0.2) is 11.5 Å². The number of rotatable bonds is 6. The average molecular weight is 415 g/mol. The van der Waals surface area contributed by atoms with E-state index >= 15 is 0 Å². The molecule has 3 rings (SSSR count). The summed E-state index contributed by atoms with van der Waals surface area (Å²) in [4.78, 5) is 22.5. The van der Waals surface area contributed by atoms with Crippen LogP contribution >= 0.6 is 11.6 Å². The first kappa shape index (κ1) is 20.0. The van der Waals surface area contributed by atoms with Gasteiger partial charge in [-0.15, -0.1) is 0 Å². The van der Waals surface area contributed by atoms with Crippen molar-refractivity contribution in [3.05, 3.63) is 69.4 Å². The number of carbonyl (C=O) groups is 1. The molecular weight excluding hydrogens is 400 g/mol. The van der Waals surface area contributed by atoms with Gasteiger partial charge >= 0.3 is 0 Å². The molecule has 0 spiro atoms. The van der Waals surface area contributed by atoms with Crippen LogP contribution in [0.25, 0.3) is 0 Å². The van der Waals surface area contributed by atoms with E-state index in [4.69, 9.17) is 21.1 Å². The SMILES string of the molecule is N#C/C(=C/NCC1COc2ccccc2O1)C(=O)Nc1ccc(Cl)c([N+](=O)[O-])c1. The summed E-state index contributed by atoms with van der Waals surface area (Å²) >= 11 is 5.74. The first-order valence-corrected chi connectivity index (χ1v) is 8.83. The van der Waals surface area contributed by atoms with Crippen molar-refractivity contribution in [2.45, 2.75) is 6.10 Å². The molecular formula is C19H15ClN4O5. The highest BCUT2D eigenvalue weighted by Gasteiger charge is 2.20. The number of fused-ring (bicyclic) bond motifs is 1. The number of benzene rings is 2. The monoisotopic (exact) mass is 414 g/mol. The smallest absolute Gasteiger partial charge is 0.289 e. The molecule has 29 heavy (non-hydrogen) atoms. The summed E-state index contributed by atoms with van der Waals surface area (Å²) in [5.41, 5.74) is -0.410. The standard InChI is InChI=1S/C19H15ClN4O5/c20-15-6-5-13(7-16(15)24(26)27)23-19(25)12(8-21)9-22-10-14-11-28-17-3-1-2-4-18(17)29-14/h1-7,9,14,22H,10-11H2,(H,23,25)/b12-9-. The maximum absolute atomic E-state index is 12.3. The quantitative estimate of drug-likeness (QED) is 0.322. The van der Waals surface area contributed by atoms with Gasteiger partial charge in [0.05, 0.1) is 11.5 Å². The first-order valence-electron chi connectivity index (χ1n) is 8.45. The number of hydrogen-bond donors (Lipinski definition) is 2. The average Bonchev–Trinajstić information content (AvgIpc) is 2.72. The number of carbonyl (C=O) groups excluding carboxylic acids is 1. The number of nitrogens with zero attached hydrogens (tertiary/aromatic N) is 2. The van der Waals surface area contributed by atoms with Crippen molar-refractivity contribution in [3.63, 3.8) is 0 Å². The number of nitrogens with one attached hydrogen (secondary N) is 2. The summed E-state index contributed by atoms with van der Waals surface area (Å²) in [5, 5.41) is 25.4. The zero-order valence-corrected chi connectivity index (χ0v) is 15.7. The fraction of sp³-hybridized carbons (Fsp3) is 0.158. The number of nitriles is 1. The summed E-state index contributed by atoms with van der Waals surface area (Å²) in [6, 6.07) is 12.9. The van der Waals surface area contributed by atoms with Gasteiger partial charge < -0.3 is 20.1 Å². The van der Waals surface area contributed by atoms with Gasteiger partial charge in [-0.2, -0.15) is 5.26 Å². The van der Waals surface area contributed by atoms with Crippen LogP contribution in [-0.4, -0.2) is 30.1 Å². The Labute approximate surface area is 170 Å². The van der Waals surface area contributed by atoms with Gasteiger partial charge in [0.1, 0.15) is 29.4 Å². The summed E-state index contributed by atoms with van der Waals surface area (Å²) in [6.45, 7) is 0.625. The highest BCUT2D eigenvalue weighted by Crippen LogP contribution is 2.30. The third-order valence-electron chi connectivity index (χ3n) is 3.93. The minimum Gasteiger partial charge on any atom is -0.486 e. The van der Waals surface area contributed by atoms with Crippen LogP contribution < -0.4 is 20.1 Å². The minimum atomic E-state index is -0.720. The van der Waals surface area contributed by atoms with E-state index in [9.17, 15) is 20.2 Å². The van der Waals surface area contributed by atoms with E-state index in [1.54, 1.807) is 18.2 Å². The van der Waals surface area contributed by atoms with Gasteiger partial charge in [0, 0.05) is 18.0 Å². The second kappa shape index (κ2) is 8.95. The van der Waals surface area contributed by atoms with Crippen LogP contribution in [0.15, 0.2) is 54.2 Å². The van der Waals surface area contributed by atoms with Crippen LogP contribution in [0, 0.1) is 21.4 Å². The fourth-order valence-electron chi connectivity index (χ4n) is 2.53. The zero-order valence-electron chi connectivity index (χ0n) is 14.9. The molecule has 2 N–H and O–H groups in total. The van der Waals surface area contributed by atoms with E-state index in [1.807, 2.05) is 12.1 Å². The lowest BCUT2D eigenvalue weighted by Crippen LogP contribution is -2.37. The highest BCUT2D eigenvalue weighted by atomic mass is 35.5. The van der Waals surface area contributed by atoms with Gasteiger partial charge in [-0.1, -0.05) is 23.7 Å². The highest BCUT2D eigenvalue weighted by molar-refractivity contribution is 6.32. The van der Waals surface area contributed by atoms with E-state index in [1.165, 1.54) is 18.3 Å². The molecule has 1 atom stereocenters. The molecule has 10 heteroatoms. The van der Waals surface area contributed by atoms with E-state index in [0.29, 0.717) is 24.7 Å². The second-order valence-electron chi connectivity index (χ2n) is 5.95. The molecule has 1 aliphatic heterocycles. The van der Waals surface area contributed by atoms with Gasteiger partial charge in [0.2, 0.25) is 0 Å². The lowest BCUT2D eigenvalue weighted by molar-refractivity contribution is -0.384. The maximum atomic E-state index is 12.3. The predicted octanol–water partition coefficient (Wildman–Crippen LogP) is 3.02. The molecule has 2 aromatic rings. The lowest BCUT2D eigenvalue weighted by Gasteiger charge is -2.26. The number of anilines is 1. The summed E-state index contributed by atoms with van der Waals surface area (Å²) in [7, 11) is 0. The molecule has 2 aromatic carbocycles. The molecule has 1 aliphatic rings. The van der Waals surface area contributed by atoms with Crippen molar-refractivity contribution in [2.24, 2.45) is 0 Å². The Hall–Kier alpha value is -3.77. The number of nitro groups is 1. The molecule has 148 valence electrons. The van der Waals surface area contributed by atoms with E-state index in [2.05, 4.69) is 10.6 Å². The third-order valence-corrected chi connectivity index (χ3v) is 4.24. The Bertz CT molecular complexity index is 1020. The van der Waals surface area contributed by atoms with Gasteiger partial charge in [0.25, 0.3) is 11.6 Å². The Morgan fingerprint density at radius 2 is 2.10 bits per heavy atom. The second-order valence-corrected chi connectivity index (χ2v) is 6.36. The molecule has 1 unspecified atom stereocenters. The van der Waals surface area contributed by atoms with Crippen molar-refractivity contribution in [1.82, 2.24) is 5.32 Å². The van der Waals surface area contributed by atoms with Crippen LogP contribution in [0.5, 0.6) is 11.5 Å². The maximum Gasteiger partial charge on any atom is 0.289 e. The topological polar surface area (TPSA) is 127 Å². The fourth-order valence-corrected chi connectivity index (χ4v) is 2.72. The number of ether oxygens (including phenoxy) is 2. The van der Waals surface area contributed by atoms with Crippen molar-refractivity contribution in [1.29, 1.82) is 5.26 Å². The van der Waals surface area contributed by atoms with Crippen molar-refractivity contribution >= 4 is 28.9 Å². The molecule has 0 radical (unpaired) electrons.